The van der Waals surface area contributed by atoms with Crippen LogP contribution < -0.4 is 5.32 Å². The first-order valence-electron chi connectivity index (χ1n) is 8.61. The number of benzene rings is 1. The number of morpholine rings is 1. The summed E-state index contributed by atoms with van der Waals surface area (Å²) >= 11 is 12.2. The third-order valence-corrected chi connectivity index (χ3v) is 4.63. The lowest BCUT2D eigenvalue weighted by Gasteiger charge is -2.35. The normalized spacial score (nSPS) is 18.8. The highest BCUT2D eigenvalue weighted by molar-refractivity contribution is 6.39. The number of halogens is 2. The number of hydrogen-bond acceptors (Lipinski definition) is 4. The molecule has 1 aliphatic rings. The van der Waals surface area contributed by atoms with Gasteiger partial charge in [0.2, 0.25) is 5.91 Å². The van der Waals surface area contributed by atoms with Crippen molar-refractivity contribution in [3.8, 4) is 0 Å². The molecule has 1 saturated heterocycles. The number of nitrogens with zero attached hydrogens (tertiary/aromatic N) is 2. The Morgan fingerprint density at radius 1 is 1.40 bits per heavy atom. The minimum absolute atomic E-state index is 0.120. The maximum Gasteiger partial charge on any atom is 0.238 e. The summed E-state index contributed by atoms with van der Waals surface area (Å²) in [7, 11) is 1.92. The number of likely N-dealkylation sites (N-methyl/N-ethyl adjacent to an activating group) is 1. The minimum Gasteiger partial charge on any atom is -0.374 e. The molecule has 140 valence electrons. The lowest BCUT2D eigenvalue weighted by molar-refractivity contribution is -0.117. The van der Waals surface area contributed by atoms with E-state index in [1.807, 2.05) is 11.9 Å². The van der Waals surface area contributed by atoms with E-state index in [1.54, 1.807) is 18.2 Å². The Hall–Kier alpha value is -0.850. The highest BCUT2D eigenvalue weighted by Crippen LogP contribution is 2.29. The van der Waals surface area contributed by atoms with Gasteiger partial charge in [-0.3, -0.25) is 14.6 Å². The SMILES string of the molecule is CC(C)CN1CCO[C@@H](CN(C)CC(=O)Nc2c(Cl)cccc2Cl)C1. The van der Waals surface area contributed by atoms with Crippen molar-refractivity contribution in [2.75, 3.05) is 51.7 Å². The summed E-state index contributed by atoms with van der Waals surface area (Å²) in [6, 6.07) is 5.15. The molecule has 0 aliphatic carbocycles. The average Bonchev–Trinajstić information content (AvgIpc) is 2.50. The zero-order valence-electron chi connectivity index (χ0n) is 15.1. The van der Waals surface area contributed by atoms with E-state index < -0.39 is 0 Å². The predicted octanol–water partition coefficient (Wildman–Crippen LogP) is 3.22. The molecule has 1 amide bonds. The standard InChI is InChI=1S/C18H27Cl2N3O2/c1-13(2)9-23-7-8-25-14(11-23)10-22(3)12-17(24)21-18-15(19)5-4-6-16(18)20/h4-6,13-14H,7-12H2,1-3H3,(H,21,24)/t14-/m0/s1. The van der Waals surface area contributed by atoms with Crippen LogP contribution in [0.2, 0.25) is 10.0 Å². The van der Waals surface area contributed by atoms with Gasteiger partial charge in [0.15, 0.2) is 0 Å². The van der Waals surface area contributed by atoms with E-state index in [9.17, 15) is 4.79 Å². The highest BCUT2D eigenvalue weighted by atomic mass is 35.5. The van der Waals surface area contributed by atoms with Crippen molar-refractivity contribution in [1.82, 2.24) is 9.80 Å². The summed E-state index contributed by atoms with van der Waals surface area (Å²) < 4.78 is 5.84. The van der Waals surface area contributed by atoms with E-state index in [0.29, 0.717) is 28.2 Å². The molecule has 1 heterocycles. The van der Waals surface area contributed by atoms with Gasteiger partial charge in [-0.1, -0.05) is 43.1 Å². The van der Waals surface area contributed by atoms with Crippen molar-refractivity contribution in [3.63, 3.8) is 0 Å². The Bertz CT molecular complexity index is 563. The van der Waals surface area contributed by atoms with E-state index in [2.05, 4.69) is 24.1 Å². The quantitative estimate of drug-likeness (QED) is 0.779. The van der Waals surface area contributed by atoms with Gasteiger partial charge >= 0.3 is 0 Å². The maximum absolute atomic E-state index is 12.3. The van der Waals surface area contributed by atoms with Crippen LogP contribution in [0.25, 0.3) is 0 Å². The van der Waals surface area contributed by atoms with Gasteiger partial charge < -0.3 is 10.1 Å². The Morgan fingerprint density at radius 3 is 2.72 bits per heavy atom. The lowest BCUT2D eigenvalue weighted by Crippen LogP contribution is -2.48. The number of anilines is 1. The Balaban J connectivity index is 1.81. The molecule has 0 unspecified atom stereocenters. The van der Waals surface area contributed by atoms with Gasteiger partial charge in [0, 0.05) is 26.2 Å². The summed E-state index contributed by atoms with van der Waals surface area (Å²) in [6.07, 6.45) is 0.120. The van der Waals surface area contributed by atoms with E-state index in [1.165, 1.54) is 0 Å². The third-order valence-electron chi connectivity index (χ3n) is 4.00. The highest BCUT2D eigenvalue weighted by Gasteiger charge is 2.23. The van der Waals surface area contributed by atoms with Crippen molar-refractivity contribution in [2.45, 2.75) is 20.0 Å². The number of para-hydroxylation sites is 1. The number of ether oxygens (including phenoxy) is 1. The van der Waals surface area contributed by atoms with Gasteiger partial charge in [-0.2, -0.15) is 0 Å². The van der Waals surface area contributed by atoms with Crippen molar-refractivity contribution in [3.05, 3.63) is 28.2 Å². The van der Waals surface area contributed by atoms with Gasteiger partial charge in [-0.05, 0) is 25.1 Å². The molecule has 1 atom stereocenters. The molecular formula is C18H27Cl2N3O2. The van der Waals surface area contributed by atoms with Gasteiger partial charge in [-0.25, -0.2) is 0 Å². The van der Waals surface area contributed by atoms with Gasteiger partial charge in [0.25, 0.3) is 0 Å². The van der Waals surface area contributed by atoms with Crippen LogP contribution >= 0.6 is 23.2 Å². The van der Waals surface area contributed by atoms with Crippen LogP contribution in [-0.2, 0) is 9.53 Å². The molecule has 0 bridgehead atoms. The minimum atomic E-state index is -0.146. The summed E-state index contributed by atoms with van der Waals surface area (Å²) in [5.41, 5.74) is 0.459. The second-order valence-corrected chi connectivity index (χ2v) is 7.80. The zero-order chi connectivity index (χ0) is 18.4. The Labute approximate surface area is 160 Å². The van der Waals surface area contributed by atoms with Crippen molar-refractivity contribution < 1.29 is 9.53 Å². The molecule has 0 aromatic heterocycles. The monoisotopic (exact) mass is 387 g/mol. The molecule has 1 aromatic rings. The molecule has 7 heteroatoms. The van der Waals surface area contributed by atoms with E-state index in [-0.39, 0.29) is 18.6 Å². The van der Waals surface area contributed by atoms with Gasteiger partial charge in [-0.15, -0.1) is 0 Å². The number of nitrogens with one attached hydrogen (secondary N) is 1. The van der Waals surface area contributed by atoms with E-state index >= 15 is 0 Å². The van der Waals surface area contributed by atoms with Crippen LogP contribution in [0.15, 0.2) is 18.2 Å². The van der Waals surface area contributed by atoms with Crippen LogP contribution in [0.5, 0.6) is 0 Å². The van der Waals surface area contributed by atoms with Crippen LogP contribution in [0.1, 0.15) is 13.8 Å². The topological polar surface area (TPSA) is 44.8 Å². The number of amides is 1. The van der Waals surface area contributed by atoms with Crippen molar-refractivity contribution >= 4 is 34.8 Å². The van der Waals surface area contributed by atoms with Crippen LogP contribution in [-0.4, -0.2) is 68.2 Å². The fraction of sp³-hybridized carbons (Fsp3) is 0.611. The van der Waals surface area contributed by atoms with Crippen LogP contribution in [0.4, 0.5) is 5.69 Å². The molecule has 5 nitrogen and oxygen atoms in total. The second-order valence-electron chi connectivity index (χ2n) is 6.99. The molecule has 1 N–H and O–H groups in total. The smallest absolute Gasteiger partial charge is 0.238 e. The summed E-state index contributed by atoms with van der Waals surface area (Å²) in [5.74, 6) is 0.495. The lowest BCUT2D eigenvalue weighted by atomic mass is 10.1. The number of carbonyl (C=O) groups is 1. The Kier molecular flexibility index (Phi) is 7.97. The maximum atomic E-state index is 12.3. The molecule has 0 spiro atoms. The van der Waals surface area contributed by atoms with E-state index in [0.717, 1.165) is 26.2 Å². The predicted molar refractivity (Wildman–Crippen MR) is 104 cm³/mol. The first kappa shape index (κ1) is 20.5. The summed E-state index contributed by atoms with van der Waals surface area (Å²) in [4.78, 5) is 16.6. The molecule has 1 aromatic carbocycles. The largest absolute Gasteiger partial charge is 0.374 e. The number of carbonyl (C=O) groups excluding carboxylic acids is 1. The molecule has 1 fully saturated rings. The molecule has 0 saturated carbocycles. The number of hydrogen-bond donors (Lipinski definition) is 1. The molecule has 25 heavy (non-hydrogen) atoms. The first-order valence-corrected chi connectivity index (χ1v) is 9.37. The van der Waals surface area contributed by atoms with Crippen LogP contribution in [0, 0.1) is 5.92 Å². The zero-order valence-corrected chi connectivity index (χ0v) is 16.6. The number of rotatable bonds is 7. The van der Waals surface area contributed by atoms with E-state index in [4.69, 9.17) is 27.9 Å². The van der Waals surface area contributed by atoms with Crippen LogP contribution in [0.3, 0.4) is 0 Å². The van der Waals surface area contributed by atoms with Crippen molar-refractivity contribution in [2.24, 2.45) is 5.92 Å². The first-order chi connectivity index (χ1) is 11.8. The third kappa shape index (κ3) is 6.76. The average molecular weight is 388 g/mol. The summed E-state index contributed by atoms with van der Waals surface area (Å²) in [6.45, 7) is 9.11. The molecular weight excluding hydrogens is 361 g/mol. The molecule has 2 rings (SSSR count). The summed E-state index contributed by atoms with van der Waals surface area (Å²) in [5, 5.41) is 3.65. The Morgan fingerprint density at radius 2 is 2.08 bits per heavy atom. The van der Waals surface area contributed by atoms with Gasteiger partial charge in [0.05, 0.1) is 35.0 Å². The second kappa shape index (κ2) is 9.74. The van der Waals surface area contributed by atoms with Crippen molar-refractivity contribution in [1.29, 1.82) is 0 Å². The molecule has 0 radical (unpaired) electrons. The fourth-order valence-corrected chi connectivity index (χ4v) is 3.52. The fourth-order valence-electron chi connectivity index (χ4n) is 3.03. The van der Waals surface area contributed by atoms with Gasteiger partial charge in [0.1, 0.15) is 0 Å². The molecule has 1 aliphatic heterocycles.